The van der Waals surface area contributed by atoms with Gasteiger partial charge in [-0.25, -0.2) is 0 Å². The molecule has 0 spiro atoms. The summed E-state index contributed by atoms with van der Waals surface area (Å²) in [5, 5.41) is 0. The molecule has 2 heteroatoms. The van der Waals surface area contributed by atoms with Crippen LogP contribution in [0.5, 0.6) is 0 Å². The van der Waals surface area contributed by atoms with Crippen LogP contribution >= 0.6 is 0 Å². The van der Waals surface area contributed by atoms with Gasteiger partial charge in [0.05, 0.1) is 0 Å². The zero-order valence-electron chi connectivity index (χ0n) is 27.7. The molecule has 0 saturated carbocycles. The van der Waals surface area contributed by atoms with Crippen LogP contribution in [0.4, 0.5) is 0 Å². The summed E-state index contributed by atoms with van der Waals surface area (Å²) in [5.74, 6) is 0.636. The zero-order valence-corrected chi connectivity index (χ0v) is 27.7. The topological polar surface area (TPSA) is 26.3 Å². The number of carbonyl (C=O) groups excluding carboxylic acids is 1. The fourth-order valence-corrected chi connectivity index (χ4v) is 5.99. The van der Waals surface area contributed by atoms with E-state index in [2.05, 4.69) is 27.7 Å². The normalized spacial score (nSPS) is 13.0. The molecule has 0 amide bonds. The van der Waals surface area contributed by atoms with E-state index in [1.54, 1.807) is 0 Å². The Balaban J connectivity index is 4.59. The van der Waals surface area contributed by atoms with E-state index in [4.69, 9.17) is 4.74 Å². The van der Waals surface area contributed by atoms with Crippen molar-refractivity contribution in [1.29, 1.82) is 0 Å². The van der Waals surface area contributed by atoms with E-state index >= 15 is 0 Å². The highest BCUT2D eigenvalue weighted by atomic mass is 16.5. The molecule has 2 nitrogen and oxygen atoms in total. The lowest BCUT2D eigenvalue weighted by molar-refractivity contribution is -0.151. The standard InChI is InChI=1S/C37H74O2/c1-5-9-13-17-20-22-24-27-31-35(30-26-23-19-15-11-7-3)34-37(38)39-36(32-28-16-12-8-4)33-29-25-21-18-14-10-6-2/h35-36H,5-34H2,1-4H3. The highest BCUT2D eigenvalue weighted by Gasteiger charge is 2.19. The Morgan fingerprint density at radius 2 is 0.692 bits per heavy atom. The van der Waals surface area contributed by atoms with Gasteiger partial charge >= 0.3 is 5.97 Å². The van der Waals surface area contributed by atoms with E-state index in [-0.39, 0.29) is 12.1 Å². The number of ether oxygens (including phenoxy) is 1. The number of rotatable bonds is 32. The summed E-state index contributed by atoms with van der Waals surface area (Å²) >= 11 is 0. The molecule has 2 atom stereocenters. The fourth-order valence-electron chi connectivity index (χ4n) is 5.99. The summed E-state index contributed by atoms with van der Waals surface area (Å²) in [4.78, 5) is 13.1. The van der Waals surface area contributed by atoms with Gasteiger partial charge in [0.1, 0.15) is 6.10 Å². The fraction of sp³-hybridized carbons (Fsp3) is 0.973. The van der Waals surface area contributed by atoms with E-state index in [9.17, 15) is 4.79 Å². The maximum atomic E-state index is 13.1. The lowest BCUT2D eigenvalue weighted by Gasteiger charge is -2.21. The minimum absolute atomic E-state index is 0.106. The molecule has 0 fully saturated rings. The lowest BCUT2D eigenvalue weighted by Crippen LogP contribution is -2.21. The third kappa shape index (κ3) is 28.8. The third-order valence-corrected chi connectivity index (χ3v) is 8.69. The molecule has 0 aromatic carbocycles. The highest BCUT2D eigenvalue weighted by Crippen LogP contribution is 2.24. The smallest absolute Gasteiger partial charge is 0.306 e. The average molecular weight is 551 g/mol. The first-order valence-electron chi connectivity index (χ1n) is 18.4. The number of carbonyl (C=O) groups is 1. The average Bonchev–Trinajstić information content (AvgIpc) is 2.93. The van der Waals surface area contributed by atoms with Gasteiger partial charge in [-0.2, -0.15) is 0 Å². The number of unbranched alkanes of at least 4 members (excludes halogenated alkanes) is 21. The third-order valence-electron chi connectivity index (χ3n) is 8.69. The minimum Gasteiger partial charge on any atom is -0.462 e. The van der Waals surface area contributed by atoms with Gasteiger partial charge in [0, 0.05) is 6.42 Å². The quantitative estimate of drug-likeness (QED) is 0.0615. The molecular formula is C37H74O2. The number of hydrogen-bond donors (Lipinski definition) is 0. The molecule has 0 radical (unpaired) electrons. The van der Waals surface area contributed by atoms with Gasteiger partial charge in [-0.1, -0.05) is 175 Å². The summed E-state index contributed by atoms with van der Waals surface area (Å²) in [7, 11) is 0. The molecule has 0 aromatic heterocycles. The van der Waals surface area contributed by atoms with Crippen LogP contribution in [0.1, 0.15) is 220 Å². The Bertz CT molecular complexity index is 474. The van der Waals surface area contributed by atoms with Crippen LogP contribution in [0.15, 0.2) is 0 Å². The molecule has 0 bridgehead atoms. The molecule has 0 aromatic rings. The highest BCUT2D eigenvalue weighted by molar-refractivity contribution is 5.69. The number of hydrogen-bond acceptors (Lipinski definition) is 2. The second-order valence-corrected chi connectivity index (χ2v) is 12.8. The van der Waals surface area contributed by atoms with Gasteiger partial charge in [0.15, 0.2) is 0 Å². The van der Waals surface area contributed by atoms with E-state index in [0.717, 1.165) is 12.8 Å². The molecule has 0 heterocycles. The lowest BCUT2D eigenvalue weighted by atomic mass is 9.91. The maximum Gasteiger partial charge on any atom is 0.306 e. The first kappa shape index (κ1) is 38.5. The second kappa shape index (κ2) is 32.0. The van der Waals surface area contributed by atoms with Gasteiger partial charge < -0.3 is 4.74 Å². The van der Waals surface area contributed by atoms with Crippen molar-refractivity contribution in [2.45, 2.75) is 226 Å². The van der Waals surface area contributed by atoms with Crippen LogP contribution in [0.3, 0.4) is 0 Å². The molecule has 2 unspecified atom stereocenters. The molecule has 0 aliphatic carbocycles. The first-order valence-corrected chi connectivity index (χ1v) is 18.4. The van der Waals surface area contributed by atoms with Crippen LogP contribution in [-0.2, 0) is 9.53 Å². The molecular weight excluding hydrogens is 476 g/mol. The summed E-state index contributed by atoms with van der Waals surface area (Å²) in [5.41, 5.74) is 0. The largest absolute Gasteiger partial charge is 0.462 e. The molecule has 0 aliphatic heterocycles. The summed E-state index contributed by atoms with van der Waals surface area (Å²) in [6.45, 7) is 9.13. The van der Waals surface area contributed by atoms with E-state index in [1.807, 2.05) is 0 Å². The monoisotopic (exact) mass is 551 g/mol. The van der Waals surface area contributed by atoms with Gasteiger partial charge in [0.25, 0.3) is 0 Å². The zero-order chi connectivity index (χ0) is 28.7. The molecule has 0 N–H and O–H groups in total. The Kier molecular flexibility index (Phi) is 31.6. The van der Waals surface area contributed by atoms with Crippen LogP contribution in [0.2, 0.25) is 0 Å². The van der Waals surface area contributed by atoms with Gasteiger partial charge in [-0.15, -0.1) is 0 Å². The Labute approximate surface area is 247 Å². The van der Waals surface area contributed by atoms with Crippen molar-refractivity contribution in [2.24, 2.45) is 5.92 Å². The minimum atomic E-state index is 0.106. The second-order valence-electron chi connectivity index (χ2n) is 12.8. The van der Waals surface area contributed by atoms with Crippen molar-refractivity contribution in [1.82, 2.24) is 0 Å². The molecule has 0 saturated heterocycles. The van der Waals surface area contributed by atoms with Crippen molar-refractivity contribution in [3.8, 4) is 0 Å². The van der Waals surface area contributed by atoms with Crippen molar-refractivity contribution in [2.75, 3.05) is 0 Å². The van der Waals surface area contributed by atoms with Gasteiger partial charge in [-0.3, -0.25) is 4.79 Å². The summed E-state index contributed by atoms with van der Waals surface area (Å²) in [6, 6.07) is 0. The predicted molar refractivity (Wildman–Crippen MR) is 175 cm³/mol. The summed E-state index contributed by atoms with van der Waals surface area (Å²) in [6.07, 6.45) is 38.7. The van der Waals surface area contributed by atoms with Crippen LogP contribution in [0, 0.1) is 5.92 Å². The van der Waals surface area contributed by atoms with Gasteiger partial charge in [0.2, 0.25) is 0 Å². The summed E-state index contributed by atoms with van der Waals surface area (Å²) < 4.78 is 6.21. The molecule has 39 heavy (non-hydrogen) atoms. The van der Waals surface area contributed by atoms with Crippen LogP contribution in [-0.4, -0.2) is 12.1 Å². The van der Waals surface area contributed by atoms with Gasteiger partial charge in [-0.05, 0) is 44.4 Å². The van der Waals surface area contributed by atoms with Crippen molar-refractivity contribution in [3.63, 3.8) is 0 Å². The van der Waals surface area contributed by atoms with E-state index < -0.39 is 0 Å². The van der Waals surface area contributed by atoms with Crippen molar-refractivity contribution < 1.29 is 9.53 Å². The Hall–Kier alpha value is -0.530. The molecule has 234 valence electrons. The van der Waals surface area contributed by atoms with Crippen LogP contribution < -0.4 is 0 Å². The Morgan fingerprint density at radius 1 is 0.410 bits per heavy atom. The SMILES string of the molecule is CCCCCCCCCCC(CCCCCCCC)CC(=O)OC(CCCCCC)CCCCCCCCC. The van der Waals surface area contributed by atoms with E-state index in [1.165, 1.54) is 173 Å². The van der Waals surface area contributed by atoms with Crippen molar-refractivity contribution in [3.05, 3.63) is 0 Å². The molecule has 0 aliphatic rings. The van der Waals surface area contributed by atoms with Crippen molar-refractivity contribution >= 4 is 5.97 Å². The van der Waals surface area contributed by atoms with E-state index in [0.29, 0.717) is 12.3 Å². The molecule has 0 rings (SSSR count). The maximum absolute atomic E-state index is 13.1. The number of esters is 1. The first-order chi connectivity index (χ1) is 19.2. The predicted octanol–water partition coefficient (Wildman–Crippen LogP) is 13.3. The Morgan fingerprint density at radius 3 is 1.05 bits per heavy atom. The van der Waals surface area contributed by atoms with Crippen LogP contribution in [0.25, 0.3) is 0 Å².